The van der Waals surface area contributed by atoms with Crippen molar-refractivity contribution in [2.75, 3.05) is 31.9 Å². The van der Waals surface area contributed by atoms with Gasteiger partial charge in [0.15, 0.2) is 5.16 Å². The predicted octanol–water partition coefficient (Wildman–Crippen LogP) is 0.135. The van der Waals surface area contributed by atoms with Gasteiger partial charge in [0.1, 0.15) is 5.82 Å². The number of hydrogen-bond donors (Lipinski definition) is 1. The van der Waals surface area contributed by atoms with Crippen molar-refractivity contribution in [2.24, 2.45) is 11.7 Å². The summed E-state index contributed by atoms with van der Waals surface area (Å²) < 4.78 is 1.97. The molecule has 10 heteroatoms. The molecule has 2 N–H and O–H groups in total. The van der Waals surface area contributed by atoms with Crippen molar-refractivity contribution in [3.8, 4) is 0 Å². The number of nitrogens with zero attached hydrogens (tertiary/aromatic N) is 5. The average molecular weight is 397 g/mol. The van der Waals surface area contributed by atoms with Gasteiger partial charge < -0.3 is 20.1 Å². The second-order valence-electron chi connectivity index (χ2n) is 7.05. The third-order valence-corrected chi connectivity index (χ3v) is 5.29. The normalized spacial score (nSPS) is 14.7. The molecule has 1 aliphatic rings. The fourth-order valence-electron chi connectivity index (χ4n) is 2.88. The van der Waals surface area contributed by atoms with Gasteiger partial charge in [-0.05, 0) is 5.92 Å². The Morgan fingerprint density at radius 1 is 1.11 bits per heavy atom. The van der Waals surface area contributed by atoms with Crippen molar-refractivity contribution in [1.82, 2.24) is 24.6 Å². The van der Waals surface area contributed by atoms with Gasteiger partial charge in [0, 0.05) is 52.5 Å². The van der Waals surface area contributed by atoms with Gasteiger partial charge in [-0.3, -0.25) is 14.4 Å². The maximum absolute atomic E-state index is 12.5. The minimum atomic E-state index is -0.372. The molecule has 9 nitrogen and oxygen atoms in total. The van der Waals surface area contributed by atoms with Gasteiger partial charge in [-0.25, -0.2) is 0 Å². The Labute approximate surface area is 163 Å². The molecule has 2 rings (SSSR count). The Morgan fingerprint density at radius 3 is 2.30 bits per heavy atom. The molecule has 0 aromatic carbocycles. The second kappa shape index (κ2) is 9.72. The Morgan fingerprint density at radius 2 is 1.74 bits per heavy atom. The highest BCUT2D eigenvalue weighted by atomic mass is 32.2. The number of carbonyl (C=O) groups is 3. The molecule has 1 aliphatic heterocycles. The summed E-state index contributed by atoms with van der Waals surface area (Å²) in [7, 11) is 0. The van der Waals surface area contributed by atoms with Crippen molar-refractivity contribution in [2.45, 2.75) is 45.3 Å². The molecule has 0 bridgehead atoms. The number of thioether (sulfide) groups is 1. The molecule has 150 valence electrons. The number of nitrogens with two attached hydrogens (primary N) is 1. The topological polar surface area (TPSA) is 114 Å². The molecule has 0 radical (unpaired) electrons. The highest BCUT2D eigenvalue weighted by molar-refractivity contribution is 7.99. The first-order chi connectivity index (χ1) is 12.8. The lowest BCUT2D eigenvalue weighted by molar-refractivity contribution is -0.136. The van der Waals surface area contributed by atoms with E-state index in [9.17, 15) is 14.4 Å². The lowest BCUT2D eigenvalue weighted by atomic mass is 10.2. The maximum Gasteiger partial charge on any atom is 0.233 e. The second-order valence-corrected chi connectivity index (χ2v) is 7.99. The summed E-state index contributed by atoms with van der Waals surface area (Å²) in [6.45, 7) is 8.71. The molecule has 0 saturated carbocycles. The van der Waals surface area contributed by atoms with Crippen molar-refractivity contribution < 1.29 is 14.4 Å². The third kappa shape index (κ3) is 6.23. The first kappa shape index (κ1) is 21.2. The van der Waals surface area contributed by atoms with Crippen LogP contribution >= 0.6 is 11.8 Å². The van der Waals surface area contributed by atoms with Crippen molar-refractivity contribution in [3.05, 3.63) is 5.82 Å². The van der Waals surface area contributed by atoms with E-state index in [2.05, 4.69) is 24.0 Å². The van der Waals surface area contributed by atoms with Crippen LogP contribution in [0.2, 0.25) is 0 Å². The number of rotatable bonds is 8. The lowest BCUT2D eigenvalue weighted by Gasteiger charge is -2.34. The Kier molecular flexibility index (Phi) is 7.64. The van der Waals surface area contributed by atoms with Gasteiger partial charge >= 0.3 is 0 Å². The van der Waals surface area contributed by atoms with Gasteiger partial charge in [-0.1, -0.05) is 25.6 Å². The van der Waals surface area contributed by atoms with E-state index in [1.807, 2.05) is 4.57 Å². The predicted molar refractivity (Wildman–Crippen MR) is 102 cm³/mol. The number of hydrogen-bond acceptors (Lipinski definition) is 6. The SMILES string of the molecule is CC(=O)N1CCN(C(=O)CSc2nnc(CCC(N)=O)n2CC(C)C)CC1. The number of piperazine rings is 1. The van der Waals surface area contributed by atoms with E-state index in [0.717, 1.165) is 6.54 Å². The van der Waals surface area contributed by atoms with Crippen LogP contribution in [0.1, 0.15) is 33.0 Å². The summed E-state index contributed by atoms with van der Waals surface area (Å²) in [4.78, 5) is 38.5. The summed E-state index contributed by atoms with van der Waals surface area (Å²) in [5.74, 6) is 1.06. The van der Waals surface area contributed by atoms with Gasteiger partial charge in [-0.2, -0.15) is 0 Å². The van der Waals surface area contributed by atoms with Crippen LogP contribution in [0.25, 0.3) is 0 Å². The maximum atomic E-state index is 12.5. The molecule has 0 aliphatic carbocycles. The highest BCUT2D eigenvalue weighted by Crippen LogP contribution is 2.20. The quantitative estimate of drug-likeness (QED) is 0.625. The molecule has 0 atom stereocenters. The third-order valence-electron chi connectivity index (χ3n) is 4.34. The molecular weight excluding hydrogens is 368 g/mol. The minimum absolute atomic E-state index is 0.0287. The molecule has 3 amide bonds. The molecule has 1 fully saturated rings. The van der Waals surface area contributed by atoms with E-state index < -0.39 is 0 Å². The Bertz CT molecular complexity index is 682. The van der Waals surface area contributed by atoms with Crippen LogP contribution in [0, 0.1) is 5.92 Å². The van der Waals surface area contributed by atoms with Crippen LogP contribution < -0.4 is 5.73 Å². The van der Waals surface area contributed by atoms with Gasteiger partial charge in [0.05, 0.1) is 5.75 Å². The molecule has 1 saturated heterocycles. The number of amides is 3. The van der Waals surface area contributed by atoms with Crippen LogP contribution in [0.5, 0.6) is 0 Å². The van der Waals surface area contributed by atoms with E-state index in [1.54, 1.807) is 16.7 Å². The smallest absolute Gasteiger partial charge is 0.233 e. The Balaban J connectivity index is 1.95. The number of aromatic nitrogens is 3. The van der Waals surface area contributed by atoms with E-state index in [1.165, 1.54) is 11.8 Å². The van der Waals surface area contributed by atoms with E-state index >= 15 is 0 Å². The molecule has 0 unspecified atom stereocenters. The summed E-state index contributed by atoms with van der Waals surface area (Å²) in [6.07, 6.45) is 0.664. The largest absolute Gasteiger partial charge is 0.370 e. The highest BCUT2D eigenvalue weighted by Gasteiger charge is 2.23. The minimum Gasteiger partial charge on any atom is -0.370 e. The van der Waals surface area contributed by atoms with Crippen molar-refractivity contribution in [1.29, 1.82) is 0 Å². The monoisotopic (exact) mass is 396 g/mol. The lowest BCUT2D eigenvalue weighted by Crippen LogP contribution is -2.50. The molecule has 27 heavy (non-hydrogen) atoms. The summed E-state index contributed by atoms with van der Waals surface area (Å²) >= 11 is 1.35. The number of carbonyl (C=O) groups excluding carboxylic acids is 3. The molecular formula is C17H28N6O3S. The van der Waals surface area contributed by atoms with Crippen molar-refractivity contribution in [3.63, 3.8) is 0 Å². The summed E-state index contributed by atoms with van der Waals surface area (Å²) in [6, 6.07) is 0. The zero-order valence-electron chi connectivity index (χ0n) is 16.2. The first-order valence-corrected chi connectivity index (χ1v) is 10.1. The van der Waals surface area contributed by atoms with Gasteiger partial charge in [0.2, 0.25) is 17.7 Å². The molecule has 0 spiro atoms. The summed E-state index contributed by atoms with van der Waals surface area (Å²) in [5.41, 5.74) is 5.23. The van der Waals surface area contributed by atoms with E-state index in [0.29, 0.717) is 49.5 Å². The van der Waals surface area contributed by atoms with E-state index in [4.69, 9.17) is 5.73 Å². The van der Waals surface area contributed by atoms with Crippen LogP contribution in [-0.4, -0.2) is 74.2 Å². The van der Waals surface area contributed by atoms with E-state index in [-0.39, 0.29) is 29.9 Å². The number of aryl methyl sites for hydroxylation is 1. The van der Waals surface area contributed by atoms with Gasteiger partial charge in [-0.15, -0.1) is 10.2 Å². The van der Waals surface area contributed by atoms with Crippen molar-refractivity contribution >= 4 is 29.5 Å². The van der Waals surface area contributed by atoms with Crippen LogP contribution in [-0.2, 0) is 27.3 Å². The van der Waals surface area contributed by atoms with Crippen LogP contribution in [0.4, 0.5) is 0 Å². The summed E-state index contributed by atoms with van der Waals surface area (Å²) in [5, 5.41) is 9.06. The standard InChI is InChI=1S/C17H28N6O3S/c1-12(2)10-23-15(5-4-14(18)25)19-20-17(23)27-11-16(26)22-8-6-21(7-9-22)13(3)24/h12H,4-11H2,1-3H3,(H2,18,25). The zero-order chi connectivity index (χ0) is 20.0. The fourth-order valence-corrected chi connectivity index (χ4v) is 3.75. The number of primary amides is 1. The first-order valence-electron chi connectivity index (χ1n) is 9.14. The molecule has 1 aromatic rings. The molecule has 2 heterocycles. The van der Waals surface area contributed by atoms with Crippen LogP contribution in [0.3, 0.4) is 0 Å². The Hall–Kier alpha value is -2.10. The van der Waals surface area contributed by atoms with Gasteiger partial charge in [0.25, 0.3) is 0 Å². The van der Waals surface area contributed by atoms with Crippen LogP contribution in [0.15, 0.2) is 5.16 Å². The average Bonchev–Trinajstić information content (AvgIpc) is 2.99. The zero-order valence-corrected chi connectivity index (χ0v) is 17.0. The molecule has 1 aromatic heterocycles. The fraction of sp³-hybridized carbons (Fsp3) is 0.706.